The van der Waals surface area contributed by atoms with E-state index < -0.39 is 5.97 Å². The van der Waals surface area contributed by atoms with Crippen molar-refractivity contribution in [1.29, 1.82) is 0 Å². The number of pyridine rings is 1. The molecule has 1 unspecified atom stereocenters. The minimum atomic E-state index is -0.943. The first-order valence-corrected chi connectivity index (χ1v) is 7.47. The zero-order valence-corrected chi connectivity index (χ0v) is 11.3. The van der Waals surface area contributed by atoms with Gasteiger partial charge in [-0.1, -0.05) is 6.42 Å². The molecule has 5 nitrogen and oxygen atoms in total. The van der Waals surface area contributed by atoms with E-state index in [0.717, 1.165) is 12.2 Å². The maximum Gasteiger partial charge on any atom is 0.337 e. The Labute approximate surface area is 115 Å². The van der Waals surface area contributed by atoms with Gasteiger partial charge < -0.3 is 5.11 Å². The van der Waals surface area contributed by atoms with E-state index in [-0.39, 0.29) is 5.56 Å². The Morgan fingerprint density at radius 1 is 1.47 bits per heavy atom. The van der Waals surface area contributed by atoms with E-state index in [1.54, 1.807) is 16.6 Å². The number of carboxylic acid groups (broad SMARTS) is 1. The SMILES string of the molecule is O=C(O)c1ccc2nc(CC3CCCCS3)nn2c1. The quantitative estimate of drug-likeness (QED) is 0.932. The molecule has 1 atom stereocenters. The molecule has 2 aromatic rings. The largest absolute Gasteiger partial charge is 0.478 e. The molecular weight excluding hydrogens is 262 g/mol. The summed E-state index contributed by atoms with van der Waals surface area (Å²) >= 11 is 1.99. The predicted octanol–water partition coefficient (Wildman–Crippen LogP) is 2.26. The number of aromatic nitrogens is 3. The van der Waals surface area contributed by atoms with Crippen molar-refractivity contribution in [3.63, 3.8) is 0 Å². The van der Waals surface area contributed by atoms with E-state index >= 15 is 0 Å². The summed E-state index contributed by atoms with van der Waals surface area (Å²) in [4.78, 5) is 15.4. The number of nitrogens with zero attached hydrogens (tertiary/aromatic N) is 3. The van der Waals surface area contributed by atoms with E-state index in [9.17, 15) is 4.79 Å². The molecular formula is C13H15N3O2S. The predicted molar refractivity (Wildman–Crippen MR) is 73.7 cm³/mol. The van der Waals surface area contributed by atoms with Gasteiger partial charge in [-0.2, -0.15) is 16.9 Å². The lowest BCUT2D eigenvalue weighted by Gasteiger charge is -2.19. The van der Waals surface area contributed by atoms with Gasteiger partial charge in [-0.15, -0.1) is 0 Å². The molecule has 2 aromatic heterocycles. The van der Waals surface area contributed by atoms with Crippen LogP contribution >= 0.6 is 11.8 Å². The molecule has 0 aliphatic carbocycles. The van der Waals surface area contributed by atoms with Gasteiger partial charge in [0.25, 0.3) is 0 Å². The molecule has 100 valence electrons. The van der Waals surface area contributed by atoms with Crippen LogP contribution in [0.4, 0.5) is 0 Å². The molecule has 19 heavy (non-hydrogen) atoms. The van der Waals surface area contributed by atoms with Gasteiger partial charge in [0.15, 0.2) is 11.5 Å². The van der Waals surface area contributed by atoms with Gasteiger partial charge >= 0.3 is 5.97 Å². The first kappa shape index (κ1) is 12.5. The van der Waals surface area contributed by atoms with Gasteiger partial charge in [-0.25, -0.2) is 14.3 Å². The normalized spacial score (nSPS) is 19.7. The van der Waals surface area contributed by atoms with Gasteiger partial charge in [0, 0.05) is 17.9 Å². The minimum Gasteiger partial charge on any atom is -0.478 e. The van der Waals surface area contributed by atoms with Crippen LogP contribution in [0.3, 0.4) is 0 Å². The monoisotopic (exact) mass is 277 g/mol. The molecule has 0 saturated carbocycles. The molecule has 0 radical (unpaired) electrons. The molecule has 3 heterocycles. The summed E-state index contributed by atoms with van der Waals surface area (Å²) < 4.78 is 1.56. The summed E-state index contributed by atoms with van der Waals surface area (Å²) in [5.74, 6) is 1.09. The minimum absolute atomic E-state index is 0.232. The first-order valence-electron chi connectivity index (χ1n) is 6.42. The van der Waals surface area contributed by atoms with Gasteiger partial charge in [0.05, 0.1) is 5.56 Å². The molecule has 1 aliphatic heterocycles. The maximum atomic E-state index is 10.9. The second-order valence-corrected chi connectivity index (χ2v) is 6.15. The molecule has 0 amide bonds. The molecule has 1 aliphatic rings. The average Bonchev–Trinajstić information content (AvgIpc) is 2.80. The Balaban J connectivity index is 1.82. The van der Waals surface area contributed by atoms with E-state index in [0.29, 0.717) is 10.9 Å². The fourth-order valence-corrected chi connectivity index (χ4v) is 3.62. The second kappa shape index (κ2) is 5.21. The topological polar surface area (TPSA) is 67.5 Å². The summed E-state index contributed by atoms with van der Waals surface area (Å²) in [5.41, 5.74) is 0.941. The molecule has 0 aromatic carbocycles. The number of fused-ring (bicyclic) bond motifs is 1. The molecule has 6 heteroatoms. The van der Waals surface area contributed by atoms with Gasteiger partial charge in [-0.3, -0.25) is 0 Å². The lowest BCUT2D eigenvalue weighted by molar-refractivity contribution is 0.0696. The number of carboxylic acids is 1. The molecule has 0 spiro atoms. The fraction of sp³-hybridized carbons (Fsp3) is 0.462. The summed E-state index contributed by atoms with van der Waals surface area (Å²) in [6.45, 7) is 0. The highest BCUT2D eigenvalue weighted by Gasteiger charge is 2.17. The number of hydrogen-bond donors (Lipinski definition) is 1. The third-order valence-electron chi connectivity index (χ3n) is 3.31. The zero-order valence-electron chi connectivity index (χ0n) is 10.5. The Morgan fingerprint density at radius 2 is 2.37 bits per heavy atom. The van der Waals surface area contributed by atoms with E-state index in [1.165, 1.54) is 31.2 Å². The lowest BCUT2D eigenvalue weighted by atomic mass is 10.1. The maximum absolute atomic E-state index is 10.9. The summed E-state index contributed by atoms with van der Waals surface area (Å²) in [7, 11) is 0. The van der Waals surface area contributed by atoms with Crippen molar-refractivity contribution in [2.24, 2.45) is 0 Å². The Morgan fingerprint density at radius 3 is 3.11 bits per heavy atom. The zero-order chi connectivity index (χ0) is 13.2. The van der Waals surface area contributed by atoms with Crippen molar-refractivity contribution in [2.45, 2.75) is 30.9 Å². The van der Waals surface area contributed by atoms with Gasteiger partial charge in [0.1, 0.15) is 0 Å². The Kier molecular flexibility index (Phi) is 3.42. The van der Waals surface area contributed by atoms with E-state index in [2.05, 4.69) is 10.1 Å². The average molecular weight is 277 g/mol. The fourth-order valence-electron chi connectivity index (χ4n) is 2.31. The number of rotatable bonds is 3. The van der Waals surface area contributed by atoms with Crippen molar-refractivity contribution >= 4 is 23.4 Å². The van der Waals surface area contributed by atoms with Crippen molar-refractivity contribution in [1.82, 2.24) is 14.6 Å². The van der Waals surface area contributed by atoms with Crippen molar-refractivity contribution in [3.05, 3.63) is 29.7 Å². The van der Waals surface area contributed by atoms with Crippen LogP contribution in [0.15, 0.2) is 18.3 Å². The Bertz CT molecular complexity index is 605. The van der Waals surface area contributed by atoms with E-state index in [4.69, 9.17) is 5.11 Å². The van der Waals surface area contributed by atoms with Crippen LogP contribution in [0.2, 0.25) is 0 Å². The highest BCUT2D eigenvalue weighted by molar-refractivity contribution is 7.99. The van der Waals surface area contributed by atoms with E-state index in [1.807, 2.05) is 11.8 Å². The molecule has 1 N–H and O–H groups in total. The van der Waals surface area contributed by atoms with Crippen LogP contribution in [0.1, 0.15) is 35.4 Å². The highest BCUT2D eigenvalue weighted by Crippen LogP contribution is 2.27. The molecule has 1 fully saturated rings. The van der Waals surface area contributed by atoms with Crippen LogP contribution in [0.25, 0.3) is 5.65 Å². The highest BCUT2D eigenvalue weighted by atomic mass is 32.2. The van der Waals surface area contributed by atoms with Crippen LogP contribution in [-0.4, -0.2) is 36.7 Å². The Hall–Kier alpha value is -1.56. The van der Waals surface area contributed by atoms with Crippen LogP contribution in [-0.2, 0) is 6.42 Å². The molecule has 0 bridgehead atoms. The van der Waals surface area contributed by atoms with Crippen LogP contribution in [0, 0.1) is 0 Å². The second-order valence-electron chi connectivity index (χ2n) is 4.75. The third-order valence-corrected chi connectivity index (χ3v) is 4.70. The standard InChI is InChI=1S/C13H15N3O2S/c17-13(18)9-4-5-12-14-11(15-16(12)8-9)7-10-3-1-2-6-19-10/h4-5,8,10H,1-3,6-7H2,(H,17,18). The first-order chi connectivity index (χ1) is 9.22. The molecule has 3 rings (SSSR count). The van der Waals surface area contributed by atoms with Crippen molar-refractivity contribution in [3.8, 4) is 0 Å². The smallest absolute Gasteiger partial charge is 0.337 e. The summed E-state index contributed by atoms with van der Waals surface area (Å²) in [6.07, 6.45) is 6.20. The number of carbonyl (C=O) groups is 1. The lowest BCUT2D eigenvalue weighted by Crippen LogP contribution is -2.13. The summed E-state index contributed by atoms with van der Waals surface area (Å²) in [6, 6.07) is 3.26. The van der Waals surface area contributed by atoms with Crippen LogP contribution < -0.4 is 0 Å². The number of thioether (sulfide) groups is 1. The third kappa shape index (κ3) is 2.73. The molecule has 1 saturated heterocycles. The number of aromatic carboxylic acids is 1. The summed E-state index contributed by atoms with van der Waals surface area (Å²) in [5, 5.41) is 13.9. The van der Waals surface area contributed by atoms with Gasteiger partial charge in [0.2, 0.25) is 0 Å². The van der Waals surface area contributed by atoms with Crippen molar-refractivity contribution < 1.29 is 9.90 Å². The number of hydrogen-bond acceptors (Lipinski definition) is 4. The van der Waals surface area contributed by atoms with Gasteiger partial charge in [-0.05, 0) is 30.7 Å². The van der Waals surface area contributed by atoms with Crippen molar-refractivity contribution in [2.75, 3.05) is 5.75 Å². The van der Waals surface area contributed by atoms with Crippen LogP contribution in [0.5, 0.6) is 0 Å².